The zero-order chi connectivity index (χ0) is 13.0. The van der Waals surface area contributed by atoms with Crippen LogP contribution in [0.3, 0.4) is 0 Å². The van der Waals surface area contributed by atoms with Crippen molar-refractivity contribution >= 4 is 5.97 Å². The second-order valence-electron chi connectivity index (χ2n) is 5.49. The Bertz CT molecular complexity index is 540. The molecule has 4 nitrogen and oxygen atoms in total. The van der Waals surface area contributed by atoms with Crippen molar-refractivity contribution in [2.45, 2.75) is 31.1 Å². The molecule has 1 saturated carbocycles. The molecule has 0 amide bonds. The SMILES string of the molecule is COC(=O)C1(c2c3c(cc4c2OCC4)OCC3)CC1. The molecule has 2 heterocycles. The molecular weight excluding hydrogens is 244 g/mol. The maximum absolute atomic E-state index is 12.2. The van der Waals surface area contributed by atoms with Crippen LogP contribution >= 0.6 is 0 Å². The summed E-state index contributed by atoms with van der Waals surface area (Å²) in [5, 5.41) is 0. The number of carbonyl (C=O) groups is 1. The first kappa shape index (κ1) is 11.1. The van der Waals surface area contributed by atoms with Gasteiger partial charge < -0.3 is 14.2 Å². The van der Waals surface area contributed by atoms with Crippen molar-refractivity contribution in [3.05, 3.63) is 22.8 Å². The Morgan fingerprint density at radius 3 is 2.79 bits per heavy atom. The number of hydrogen-bond acceptors (Lipinski definition) is 4. The minimum Gasteiger partial charge on any atom is -0.493 e. The molecule has 1 aromatic rings. The fourth-order valence-electron chi connectivity index (χ4n) is 3.37. The zero-order valence-corrected chi connectivity index (χ0v) is 11.0. The summed E-state index contributed by atoms with van der Waals surface area (Å²) in [6.07, 6.45) is 3.47. The van der Waals surface area contributed by atoms with Gasteiger partial charge in [0.15, 0.2) is 0 Å². The monoisotopic (exact) mass is 260 g/mol. The Morgan fingerprint density at radius 1 is 1.26 bits per heavy atom. The molecule has 0 aromatic heterocycles. The van der Waals surface area contributed by atoms with E-state index in [-0.39, 0.29) is 5.97 Å². The van der Waals surface area contributed by atoms with Gasteiger partial charge in [-0.25, -0.2) is 0 Å². The molecule has 0 unspecified atom stereocenters. The number of rotatable bonds is 2. The standard InChI is InChI=1S/C15H16O4/c1-17-14(16)15(4-5-15)12-10-3-7-18-11(10)8-9-2-6-19-13(9)12/h8H,2-7H2,1H3. The van der Waals surface area contributed by atoms with Crippen molar-refractivity contribution < 1.29 is 19.0 Å². The highest BCUT2D eigenvalue weighted by atomic mass is 16.5. The Morgan fingerprint density at radius 2 is 2.05 bits per heavy atom. The number of esters is 1. The van der Waals surface area contributed by atoms with E-state index < -0.39 is 5.41 Å². The third-order valence-corrected chi connectivity index (χ3v) is 4.46. The van der Waals surface area contributed by atoms with Gasteiger partial charge in [0.2, 0.25) is 0 Å². The fraction of sp³-hybridized carbons (Fsp3) is 0.533. The van der Waals surface area contributed by atoms with Crippen molar-refractivity contribution in [2.75, 3.05) is 20.3 Å². The number of carbonyl (C=O) groups excluding carboxylic acids is 1. The van der Waals surface area contributed by atoms with Gasteiger partial charge >= 0.3 is 5.97 Å². The molecule has 1 aromatic carbocycles. The van der Waals surface area contributed by atoms with Gasteiger partial charge in [-0.1, -0.05) is 0 Å². The average Bonchev–Trinajstić information content (AvgIpc) is 2.86. The van der Waals surface area contributed by atoms with Crippen LogP contribution in [0, 0.1) is 0 Å². The molecule has 0 spiro atoms. The maximum Gasteiger partial charge on any atom is 0.316 e. The van der Waals surface area contributed by atoms with E-state index in [1.54, 1.807) is 0 Å². The molecule has 0 N–H and O–H groups in total. The average molecular weight is 260 g/mol. The lowest BCUT2D eigenvalue weighted by atomic mass is 9.87. The highest BCUT2D eigenvalue weighted by molar-refractivity contribution is 5.89. The molecule has 4 heteroatoms. The molecule has 0 atom stereocenters. The van der Waals surface area contributed by atoms with Gasteiger partial charge in [0.1, 0.15) is 11.5 Å². The first-order valence-corrected chi connectivity index (χ1v) is 6.79. The van der Waals surface area contributed by atoms with Gasteiger partial charge in [0.05, 0.1) is 25.7 Å². The van der Waals surface area contributed by atoms with E-state index in [0.717, 1.165) is 48.3 Å². The van der Waals surface area contributed by atoms with Gasteiger partial charge in [-0.15, -0.1) is 0 Å². The zero-order valence-electron chi connectivity index (χ0n) is 11.0. The van der Waals surface area contributed by atoms with E-state index in [9.17, 15) is 4.79 Å². The largest absolute Gasteiger partial charge is 0.493 e. The summed E-state index contributed by atoms with van der Waals surface area (Å²) in [7, 11) is 1.46. The molecule has 0 saturated heterocycles. The summed E-state index contributed by atoms with van der Waals surface area (Å²) in [5.74, 6) is 1.73. The summed E-state index contributed by atoms with van der Waals surface area (Å²) >= 11 is 0. The number of fused-ring (bicyclic) bond motifs is 2. The van der Waals surface area contributed by atoms with E-state index in [1.807, 2.05) is 0 Å². The van der Waals surface area contributed by atoms with Crippen molar-refractivity contribution in [2.24, 2.45) is 0 Å². The molecule has 4 rings (SSSR count). The fourth-order valence-corrected chi connectivity index (χ4v) is 3.37. The van der Waals surface area contributed by atoms with E-state index in [4.69, 9.17) is 14.2 Å². The van der Waals surface area contributed by atoms with E-state index >= 15 is 0 Å². The first-order valence-electron chi connectivity index (χ1n) is 6.79. The molecular formula is C15H16O4. The van der Waals surface area contributed by atoms with E-state index in [1.165, 1.54) is 12.7 Å². The van der Waals surface area contributed by atoms with Crippen molar-refractivity contribution in [3.63, 3.8) is 0 Å². The number of hydrogen-bond donors (Lipinski definition) is 0. The highest BCUT2D eigenvalue weighted by Gasteiger charge is 2.56. The summed E-state index contributed by atoms with van der Waals surface area (Å²) in [5.41, 5.74) is 2.92. The van der Waals surface area contributed by atoms with Crippen molar-refractivity contribution in [3.8, 4) is 11.5 Å². The molecule has 0 radical (unpaired) electrons. The van der Waals surface area contributed by atoms with Crippen LogP contribution in [0.4, 0.5) is 0 Å². The van der Waals surface area contributed by atoms with Crippen LogP contribution in [0.5, 0.6) is 11.5 Å². The van der Waals surface area contributed by atoms with Crippen LogP contribution < -0.4 is 9.47 Å². The van der Waals surface area contributed by atoms with Crippen LogP contribution in [0.25, 0.3) is 0 Å². The van der Waals surface area contributed by atoms with Crippen molar-refractivity contribution in [1.82, 2.24) is 0 Å². The smallest absolute Gasteiger partial charge is 0.316 e. The second kappa shape index (κ2) is 3.65. The molecule has 19 heavy (non-hydrogen) atoms. The van der Waals surface area contributed by atoms with Gasteiger partial charge in [-0.05, 0) is 18.9 Å². The lowest BCUT2D eigenvalue weighted by Crippen LogP contribution is -2.24. The van der Waals surface area contributed by atoms with Crippen LogP contribution in [0.15, 0.2) is 6.07 Å². The van der Waals surface area contributed by atoms with Crippen LogP contribution in [-0.4, -0.2) is 26.3 Å². The molecule has 3 aliphatic rings. The Hall–Kier alpha value is -1.71. The normalized spacial score (nSPS) is 21.1. The van der Waals surface area contributed by atoms with Gasteiger partial charge in [-0.2, -0.15) is 0 Å². The minimum absolute atomic E-state index is 0.134. The Labute approximate surface area is 111 Å². The van der Waals surface area contributed by atoms with E-state index in [2.05, 4.69) is 6.07 Å². The van der Waals surface area contributed by atoms with Gasteiger partial charge in [0, 0.05) is 29.5 Å². The summed E-state index contributed by atoms with van der Waals surface area (Å²) in [4.78, 5) is 12.2. The summed E-state index contributed by atoms with van der Waals surface area (Å²) in [6.45, 7) is 1.39. The topological polar surface area (TPSA) is 44.8 Å². The van der Waals surface area contributed by atoms with Gasteiger partial charge in [-0.3, -0.25) is 4.79 Å². The predicted molar refractivity (Wildman–Crippen MR) is 67.8 cm³/mol. The Balaban J connectivity index is 1.95. The first-order chi connectivity index (χ1) is 9.26. The minimum atomic E-state index is -0.470. The number of benzene rings is 1. The maximum atomic E-state index is 12.2. The lowest BCUT2D eigenvalue weighted by Gasteiger charge is -2.19. The van der Waals surface area contributed by atoms with Crippen LogP contribution in [-0.2, 0) is 27.8 Å². The lowest BCUT2D eigenvalue weighted by molar-refractivity contribution is -0.143. The van der Waals surface area contributed by atoms with Crippen LogP contribution in [0.2, 0.25) is 0 Å². The second-order valence-corrected chi connectivity index (χ2v) is 5.49. The summed E-state index contributed by atoms with van der Waals surface area (Å²) in [6, 6.07) is 2.08. The predicted octanol–water partition coefficient (Wildman–Crippen LogP) is 1.76. The van der Waals surface area contributed by atoms with Crippen molar-refractivity contribution in [1.29, 1.82) is 0 Å². The molecule has 1 fully saturated rings. The van der Waals surface area contributed by atoms with Gasteiger partial charge in [0.25, 0.3) is 0 Å². The third-order valence-electron chi connectivity index (χ3n) is 4.46. The number of ether oxygens (including phenoxy) is 3. The molecule has 1 aliphatic carbocycles. The quantitative estimate of drug-likeness (QED) is 0.760. The van der Waals surface area contributed by atoms with E-state index in [0.29, 0.717) is 13.2 Å². The molecule has 0 bridgehead atoms. The number of methoxy groups -OCH3 is 1. The van der Waals surface area contributed by atoms with Crippen LogP contribution in [0.1, 0.15) is 29.5 Å². The molecule has 100 valence electrons. The molecule has 2 aliphatic heterocycles. The Kier molecular flexibility index (Phi) is 2.14. The summed E-state index contributed by atoms with van der Waals surface area (Å²) < 4.78 is 16.5. The third kappa shape index (κ3) is 1.37. The highest BCUT2D eigenvalue weighted by Crippen LogP contribution is 2.57.